The summed E-state index contributed by atoms with van der Waals surface area (Å²) in [5, 5.41) is 3.38. The van der Waals surface area contributed by atoms with Gasteiger partial charge in [-0.15, -0.1) is 11.3 Å². The van der Waals surface area contributed by atoms with E-state index in [0.717, 1.165) is 28.0 Å². The van der Waals surface area contributed by atoms with Gasteiger partial charge in [0.05, 0.1) is 21.6 Å². The van der Waals surface area contributed by atoms with E-state index in [1.807, 2.05) is 11.6 Å². The van der Waals surface area contributed by atoms with E-state index in [1.165, 1.54) is 18.4 Å². The summed E-state index contributed by atoms with van der Waals surface area (Å²) in [4.78, 5) is 4.32. The molecule has 1 heterocycles. The first-order valence-electron chi connectivity index (χ1n) is 7.25. The van der Waals surface area contributed by atoms with Crippen LogP contribution in [-0.4, -0.2) is 4.98 Å². The van der Waals surface area contributed by atoms with E-state index in [4.69, 9.17) is 5.73 Å². The monoisotopic (exact) mass is 297 g/mol. The van der Waals surface area contributed by atoms with Crippen LogP contribution in [0.4, 0.5) is 17.1 Å². The Morgan fingerprint density at radius 2 is 1.95 bits per heavy atom. The fourth-order valence-corrected chi connectivity index (χ4v) is 3.04. The predicted octanol–water partition coefficient (Wildman–Crippen LogP) is 4.96. The summed E-state index contributed by atoms with van der Waals surface area (Å²) in [6.45, 7) is 2.22. The Labute approximate surface area is 128 Å². The van der Waals surface area contributed by atoms with Crippen molar-refractivity contribution in [1.82, 2.24) is 4.98 Å². The molecule has 0 saturated heterocycles. The molecule has 0 aliphatic rings. The Balaban J connectivity index is 1.79. The van der Waals surface area contributed by atoms with Gasteiger partial charge >= 0.3 is 0 Å². The van der Waals surface area contributed by atoms with Crippen LogP contribution in [0.1, 0.15) is 25.3 Å². The number of anilines is 3. The third kappa shape index (κ3) is 3.00. The molecule has 2 aromatic carbocycles. The number of hydrogen-bond acceptors (Lipinski definition) is 4. The number of fused-ring (bicyclic) bond motifs is 1. The second-order valence-electron chi connectivity index (χ2n) is 5.15. The van der Waals surface area contributed by atoms with Crippen molar-refractivity contribution < 1.29 is 0 Å². The van der Waals surface area contributed by atoms with Gasteiger partial charge in [0.25, 0.3) is 0 Å². The maximum absolute atomic E-state index is 6.19. The number of nitrogen functional groups attached to an aromatic ring is 1. The average Bonchev–Trinajstić information content (AvgIpc) is 2.99. The molecule has 0 spiro atoms. The average molecular weight is 297 g/mol. The van der Waals surface area contributed by atoms with E-state index in [-0.39, 0.29) is 0 Å². The molecule has 0 aliphatic heterocycles. The van der Waals surface area contributed by atoms with Gasteiger partial charge in [0.2, 0.25) is 0 Å². The minimum atomic E-state index is 0.712. The fourth-order valence-electron chi connectivity index (χ4n) is 2.35. The number of unbranched alkanes of at least 4 members (excludes halogenated alkanes) is 1. The van der Waals surface area contributed by atoms with E-state index >= 15 is 0 Å². The predicted molar refractivity (Wildman–Crippen MR) is 92.4 cm³/mol. The first kappa shape index (κ1) is 13.9. The zero-order chi connectivity index (χ0) is 14.7. The highest BCUT2D eigenvalue weighted by molar-refractivity contribution is 7.16. The number of nitrogens with two attached hydrogens (primary N) is 1. The molecule has 3 N–H and O–H groups in total. The summed E-state index contributed by atoms with van der Waals surface area (Å²) < 4.78 is 1.12. The number of aromatic nitrogens is 1. The zero-order valence-corrected chi connectivity index (χ0v) is 12.9. The van der Waals surface area contributed by atoms with Crippen LogP contribution >= 0.6 is 11.3 Å². The molecule has 0 radical (unpaired) electrons. The number of aryl methyl sites for hydroxylation is 1. The largest absolute Gasteiger partial charge is 0.395 e. The van der Waals surface area contributed by atoms with Crippen molar-refractivity contribution in [3.05, 3.63) is 47.5 Å². The van der Waals surface area contributed by atoms with Crippen LogP contribution in [0.2, 0.25) is 0 Å². The van der Waals surface area contributed by atoms with E-state index in [1.54, 1.807) is 11.3 Å². The van der Waals surface area contributed by atoms with Gasteiger partial charge in [-0.05, 0) is 42.7 Å². The van der Waals surface area contributed by atoms with Gasteiger partial charge < -0.3 is 11.1 Å². The summed E-state index contributed by atoms with van der Waals surface area (Å²) in [5.74, 6) is 0. The molecule has 0 unspecified atom stereocenters. The summed E-state index contributed by atoms with van der Waals surface area (Å²) in [5.41, 5.74) is 13.0. The minimum absolute atomic E-state index is 0.712. The van der Waals surface area contributed by atoms with E-state index in [9.17, 15) is 0 Å². The van der Waals surface area contributed by atoms with Crippen molar-refractivity contribution in [3.63, 3.8) is 0 Å². The van der Waals surface area contributed by atoms with Gasteiger partial charge in [-0.3, -0.25) is 0 Å². The molecule has 3 rings (SSSR count). The number of thiazole rings is 1. The van der Waals surface area contributed by atoms with E-state index < -0.39 is 0 Å². The minimum Gasteiger partial charge on any atom is -0.395 e. The van der Waals surface area contributed by atoms with Crippen LogP contribution in [0, 0.1) is 0 Å². The molecule has 0 fully saturated rings. The lowest BCUT2D eigenvalue weighted by atomic mass is 10.1. The molecule has 0 saturated carbocycles. The Morgan fingerprint density at radius 3 is 2.71 bits per heavy atom. The molecule has 0 bridgehead atoms. The number of nitrogens with one attached hydrogen (secondary N) is 1. The SMILES string of the molecule is CCCCc1ccc(Nc2ccc3scnc3c2N)cc1. The van der Waals surface area contributed by atoms with Crippen molar-refractivity contribution in [2.75, 3.05) is 11.1 Å². The maximum atomic E-state index is 6.19. The van der Waals surface area contributed by atoms with Crippen molar-refractivity contribution in [3.8, 4) is 0 Å². The molecule has 0 amide bonds. The second-order valence-corrected chi connectivity index (χ2v) is 6.04. The Kier molecular flexibility index (Phi) is 4.06. The van der Waals surface area contributed by atoms with E-state index in [2.05, 4.69) is 47.6 Å². The number of benzene rings is 2. The standard InChI is InChI=1S/C17H19N3S/c1-2-3-4-12-5-7-13(8-6-12)20-14-9-10-15-17(16(14)18)19-11-21-15/h5-11,20H,2-4,18H2,1H3. The van der Waals surface area contributed by atoms with E-state index in [0.29, 0.717) is 5.69 Å². The fraction of sp³-hybridized carbons (Fsp3) is 0.235. The lowest BCUT2D eigenvalue weighted by Gasteiger charge is -2.10. The van der Waals surface area contributed by atoms with Gasteiger partial charge in [0.1, 0.15) is 5.52 Å². The summed E-state index contributed by atoms with van der Waals surface area (Å²) in [6.07, 6.45) is 3.61. The Bertz CT molecular complexity index is 731. The van der Waals surface area contributed by atoms with Gasteiger partial charge in [-0.2, -0.15) is 0 Å². The molecule has 3 nitrogen and oxygen atoms in total. The molecule has 4 heteroatoms. The van der Waals surface area contributed by atoms with Gasteiger partial charge in [0.15, 0.2) is 0 Å². The highest BCUT2D eigenvalue weighted by Gasteiger charge is 2.07. The smallest absolute Gasteiger partial charge is 0.106 e. The third-order valence-electron chi connectivity index (χ3n) is 3.59. The van der Waals surface area contributed by atoms with Crippen LogP contribution in [0.5, 0.6) is 0 Å². The van der Waals surface area contributed by atoms with Crippen LogP contribution in [0.15, 0.2) is 41.9 Å². The number of hydrogen-bond donors (Lipinski definition) is 2. The van der Waals surface area contributed by atoms with Crippen LogP contribution in [0.3, 0.4) is 0 Å². The molecule has 108 valence electrons. The Morgan fingerprint density at radius 1 is 1.14 bits per heavy atom. The summed E-state index contributed by atoms with van der Waals surface area (Å²) in [6, 6.07) is 12.6. The lowest BCUT2D eigenvalue weighted by Crippen LogP contribution is -1.97. The molecule has 0 aliphatic carbocycles. The molecular formula is C17H19N3S. The molecular weight excluding hydrogens is 278 g/mol. The first-order valence-corrected chi connectivity index (χ1v) is 8.13. The Hall–Kier alpha value is -2.07. The van der Waals surface area contributed by atoms with Crippen LogP contribution in [0.25, 0.3) is 10.2 Å². The highest BCUT2D eigenvalue weighted by Crippen LogP contribution is 2.31. The van der Waals surface area contributed by atoms with Crippen molar-refractivity contribution in [2.24, 2.45) is 0 Å². The first-order chi connectivity index (χ1) is 10.3. The molecule has 0 atom stereocenters. The second kappa shape index (κ2) is 6.14. The molecule has 3 aromatic rings. The van der Waals surface area contributed by atoms with Gasteiger partial charge in [-0.25, -0.2) is 4.98 Å². The summed E-state index contributed by atoms with van der Waals surface area (Å²) in [7, 11) is 0. The van der Waals surface area contributed by atoms with Gasteiger partial charge in [-0.1, -0.05) is 25.5 Å². The summed E-state index contributed by atoms with van der Waals surface area (Å²) >= 11 is 1.61. The molecule has 21 heavy (non-hydrogen) atoms. The number of rotatable bonds is 5. The van der Waals surface area contributed by atoms with Crippen LogP contribution < -0.4 is 11.1 Å². The van der Waals surface area contributed by atoms with Crippen molar-refractivity contribution in [1.29, 1.82) is 0 Å². The topological polar surface area (TPSA) is 50.9 Å². The normalized spacial score (nSPS) is 10.9. The third-order valence-corrected chi connectivity index (χ3v) is 4.39. The maximum Gasteiger partial charge on any atom is 0.106 e. The van der Waals surface area contributed by atoms with Gasteiger partial charge in [0, 0.05) is 5.69 Å². The van der Waals surface area contributed by atoms with Crippen molar-refractivity contribution in [2.45, 2.75) is 26.2 Å². The van der Waals surface area contributed by atoms with Crippen LogP contribution in [-0.2, 0) is 6.42 Å². The van der Waals surface area contributed by atoms with Crippen molar-refractivity contribution >= 4 is 38.6 Å². The highest BCUT2D eigenvalue weighted by atomic mass is 32.1. The lowest BCUT2D eigenvalue weighted by molar-refractivity contribution is 0.795. The molecule has 1 aromatic heterocycles. The quantitative estimate of drug-likeness (QED) is 0.654. The zero-order valence-electron chi connectivity index (χ0n) is 12.1. The number of nitrogens with zero attached hydrogens (tertiary/aromatic N) is 1.